The van der Waals surface area contributed by atoms with Crippen molar-refractivity contribution in [1.82, 2.24) is 14.7 Å². The lowest BCUT2D eigenvalue weighted by molar-refractivity contribution is -0.115. The number of likely N-dealkylation sites (tertiary alicyclic amines) is 1. The van der Waals surface area contributed by atoms with Gasteiger partial charge in [-0.3, -0.25) is 4.79 Å². The summed E-state index contributed by atoms with van der Waals surface area (Å²) < 4.78 is 1.72. The number of hydrogen-bond donors (Lipinski definition) is 1. The maximum Gasteiger partial charge on any atom is 0.135 e. The zero-order valence-electron chi connectivity index (χ0n) is 13.9. The Hall–Kier alpha value is -2.43. The zero-order chi connectivity index (χ0) is 17.0. The number of allylic oxidation sites excluding steroid dienone is 1. The molecule has 122 valence electrons. The van der Waals surface area contributed by atoms with E-state index >= 15 is 0 Å². The monoisotopic (exact) mass is 312 g/mol. The highest BCUT2D eigenvalue weighted by Gasteiger charge is 2.21. The average molecular weight is 312 g/mol. The minimum absolute atomic E-state index is 0.0180. The maximum atomic E-state index is 11.2. The molecule has 1 fully saturated rings. The fourth-order valence-corrected chi connectivity index (χ4v) is 2.86. The number of rotatable bonds is 7. The van der Waals surface area contributed by atoms with E-state index in [0.29, 0.717) is 17.3 Å². The molecule has 0 spiro atoms. The topological polar surface area (TPSA) is 62.0 Å². The maximum absolute atomic E-state index is 11.2. The van der Waals surface area contributed by atoms with Crippen molar-refractivity contribution < 1.29 is 4.79 Å². The quantitative estimate of drug-likeness (QED) is 0.478. The van der Waals surface area contributed by atoms with Crippen LogP contribution in [0.4, 0.5) is 0 Å². The van der Waals surface area contributed by atoms with E-state index in [4.69, 9.17) is 5.41 Å². The predicted octanol–water partition coefficient (Wildman–Crippen LogP) is 3.17. The fourth-order valence-electron chi connectivity index (χ4n) is 2.86. The Kier molecular flexibility index (Phi) is 5.32. The van der Waals surface area contributed by atoms with Gasteiger partial charge in [0.2, 0.25) is 0 Å². The molecule has 0 unspecified atom stereocenters. The number of aromatic nitrogens is 2. The van der Waals surface area contributed by atoms with E-state index in [1.54, 1.807) is 10.9 Å². The molecule has 1 aliphatic heterocycles. The van der Waals surface area contributed by atoms with Crippen LogP contribution in [0.2, 0.25) is 0 Å². The van der Waals surface area contributed by atoms with Crippen LogP contribution < -0.4 is 0 Å². The van der Waals surface area contributed by atoms with E-state index in [0.717, 1.165) is 30.8 Å². The van der Waals surface area contributed by atoms with Crippen LogP contribution in [0.25, 0.3) is 6.20 Å². The van der Waals surface area contributed by atoms with Gasteiger partial charge >= 0.3 is 0 Å². The van der Waals surface area contributed by atoms with Crippen molar-refractivity contribution in [1.29, 1.82) is 5.41 Å². The molecule has 0 saturated carbocycles. The molecule has 0 aliphatic carbocycles. The van der Waals surface area contributed by atoms with Crippen LogP contribution in [0.5, 0.6) is 0 Å². The van der Waals surface area contributed by atoms with Crippen molar-refractivity contribution in [2.75, 3.05) is 6.54 Å². The smallest absolute Gasteiger partial charge is 0.135 e. The molecular formula is C18H24N4O. The van der Waals surface area contributed by atoms with Gasteiger partial charge in [-0.15, -0.1) is 6.58 Å². The Balaban J connectivity index is 2.10. The summed E-state index contributed by atoms with van der Waals surface area (Å²) in [7, 11) is 0. The first-order chi connectivity index (χ1) is 10.9. The Morgan fingerprint density at radius 2 is 2.30 bits per heavy atom. The molecular weight excluding hydrogens is 288 g/mol. The highest BCUT2D eigenvalue weighted by atomic mass is 16.1. The van der Waals surface area contributed by atoms with Gasteiger partial charge in [0.25, 0.3) is 0 Å². The van der Waals surface area contributed by atoms with Crippen molar-refractivity contribution >= 4 is 17.7 Å². The third-order valence-electron chi connectivity index (χ3n) is 4.14. The van der Waals surface area contributed by atoms with Crippen LogP contribution in [0.3, 0.4) is 0 Å². The van der Waals surface area contributed by atoms with Gasteiger partial charge in [-0.2, -0.15) is 5.10 Å². The Morgan fingerprint density at radius 3 is 2.96 bits per heavy atom. The molecule has 1 N–H and O–H groups in total. The highest BCUT2D eigenvalue weighted by Crippen LogP contribution is 2.22. The molecule has 5 nitrogen and oxygen atoms in total. The summed E-state index contributed by atoms with van der Waals surface area (Å²) >= 11 is 0. The lowest BCUT2D eigenvalue weighted by Crippen LogP contribution is -2.25. The molecule has 0 radical (unpaired) electrons. The van der Waals surface area contributed by atoms with Gasteiger partial charge in [0, 0.05) is 47.9 Å². The lowest BCUT2D eigenvalue weighted by atomic mass is 10.1. The molecule has 1 aliphatic rings. The second kappa shape index (κ2) is 7.22. The first kappa shape index (κ1) is 16.9. The van der Waals surface area contributed by atoms with E-state index in [1.165, 1.54) is 6.92 Å². The summed E-state index contributed by atoms with van der Waals surface area (Å²) in [4.78, 5) is 13.4. The van der Waals surface area contributed by atoms with Gasteiger partial charge < -0.3 is 10.3 Å². The molecule has 1 aromatic rings. The molecule has 0 aromatic carbocycles. The van der Waals surface area contributed by atoms with Crippen LogP contribution in [0.15, 0.2) is 37.2 Å². The Morgan fingerprint density at radius 1 is 1.57 bits per heavy atom. The third-order valence-corrected chi connectivity index (χ3v) is 4.14. The number of carbonyl (C=O) groups excluding carboxylic acids is 1. The summed E-state index contributed by atoms with van der Waals surface area (Å²) in [5.41, 5.74) is 2.80. The lowest BCUT2D eigenvalue weighted by Gasteiger charge is -2.24. The number of carbonyl (C=O) groups is 1. The average Bonchev–Trinajstić information content (AvgIpc) is 3.10. The largest absolute Gasteiger partial charge is 0.366 e. The SMILES string of the molecule is C=C[C@H]1CCCN1C(=C)/C=C\n1ncc(C(=N)CC(C)=O)c1C. The molecule has 0 amide bonds. The minimum atomic E-state index is -0.0180. The van der Waals surface area contributed by atoms with E-state index in [9.17, 15) is 4.79 Å². The predicted molar refractivity (Wildman–Crippen MR) is 93.5 cm³/mol. The number of hydrogen-bond acceptors (Lipinski definition) is 4. The number of nitrogens with zero attached hydrogens (tertiary/aromatic N) is 3. The van der Waals surface area contributed by atoms with Crippen molar-refractivity contribution in [3.8, 4) is 0 Å². The summed E-state index contributed by atoms with van der Waals surface area (Å²) in [5, 5.41) is 12.3. The summed E-state index contributed by atoms with van der Waals surface area (Å²) in [6.45, 7) is 12.4. The molecule has 1 atom stereocenters. The van der Waals surface area contributed by atoms with Gasteiger partial charge in [0.1, 0.15) is 5.78 Å². The van der Waals surface area contributed by atoms with Gasteiger partial charge in [-0.05, 0) is 32.8 Å². The normalized spacial score (nSPS) is 17.7. The van der Waals surface area contributed by atoms with Gasteiger partial charge in [-0.25, -0.2) is 4.68 Å². The molecule has 0 bridgehead atoms. The molecule has 23 heavy (non-hydrogen) atoms. The zero-order valence-corrected chi connectivity index (χ0v) is 13.9. The van der Waals surface area contributed by atoms with Gasteiger partial charge in [-0.1, -0.05) is 12.7 Å². The minimum Gasteiger partial charge on any atom is -0.366 e. The Labute approximate surface area is 137 Å². The first-order valence-corrected chi connectivity index (χ1v) is 7.81. The fraction of sp³-hybridized carbons (Fsp3) is 0.389. The second-order valence-electron chi connectivity index (χ2n) is 5.89. The number of nitrogens with one attached hydrogen (secondary N) is 1. The van der Waals surface area contributed by atoms with Crippen LogP contribution >= 0.6 is 0 Å². The van der Waals surface area contributed by atoms with Gasteiger partial charge in [0.15, 0.2) is 0 Å². The van der Waals surface area contributed by atoms with Gasteiger partial charge in [0.05, 0.1) is 6.20 Å². The summed E-state index contributed by atoms with van der Waals surface area (Å²) in [6.07, 6.45) is 9.78. The Bertz CT molecular complexity index is 669. The standard InChI is InChI=1S/C18H24N4O/c1-5-16-7-6-9-21(16)13(2)8-10-22-15(4)17(12-20-22)18(19)11-14(3)23/h5,8,10,12,16,19H,1-2,6-7,9,11H2,3-4H3/b10-8-,19-18?/t16-/m0/s1. The van der Waals surface area contributed by atoms with Crippen LogP contribution in [-0.2, 0) is 4.79 Å². The van der Waals surface area contributed by atoms with Crippen molar-refractivity contribution in [3.05, 3.63) is 48.5 Å². The van der Waals surface area contributed by atoms with E-state index in [-0.39, 0.29) is 12.2 Å². The van der Waals surface area contributed by atoms with Crippen LogP contribution in [0, 0.1) is 12.3 Å². The highest BCUT2D eigenvalue weighted by molar-refractivity contribution is 6.09. The van der Waals surface area contributed by atoms with Crippen molar-refractivity contribution in [3.63, 3.8) is 0 Å². The summed E-state index contributed by atoms with van der Waals surface area (Å²) in [5.74, 6) is -0.0180. The third kappa shape index (κ3) is 3.86. The second-order valence-corrected chi connectivity index (χ2v) is 5.89. The molecule has 5 heteroatoms. The molecule has 2 rings (SSSR count). The van der Waals surface area contributed by atoms with E-state index in [2.05, 4.69) is 23.2 Å². The van der Waals surface area contributed by atoms with E-state index < -0.39 is 0 Å². The molecule has 1 saturated heterocycles. The van der Waals surface area contributed by atoms with E-state index in [1.807, 2.05) is 25.3 Å². The van der Waals surface area contributed by atoms with Crippen molar-refractivity contribution in [2.24, 2.45) is 0 Å². The molecule has 1 aromatic heterocycles. The summed E-state index contributed by atoms with van der Waals surface area (Å²) in [6, 6.07) is 0.352. The number of ketones is 1. The van der Waals surface area contributed by atoms with Crippen LogP contribution in [-0.4, -0.2) is 38.8 Å². The molecule has 2 heterocycles. The first-order valence-electron chi connectivity index (χ1n) is 7.81. The van der Waals surface area contributed by atoms with Crippen molar-refractivity contribution in [2.45, 2.75) is 39.2 Å². The number of Topliss-reactive ketones (excluding diaryl/α,β-unsaturated/α-hetero) is 1. The van der Waals surface area contributed by atoms with Crippen LogP contribution in [0.1, 0.15) is 37.4 Å².